The third kappa shape index (κ3) is 5.84. The quantitative estimate of drug-likeness (QED) is 0.842. The zero-order chi connectivity index (χ0) is 15.8. The van der Waals surface area contributed by atoms with Gasteiger partial charge in [-0.2, -0.15) is 0 Å². The third-order valence-electron chi connectivity index (χ3n) is 3.81. The van der Waals surface area contributed by atoms with E-state index < -0.39 is 0 Å². The number of carbonyl (C=O) groups is 2. The molecular weight excluding hydrogens is 285 g/mol. The highest BCUT2D eigenvalue weighted by Gasteiger charge is 2.16. The smallest absolute Gasteiger partial charge is 0.220 e. The SMILES string of the molecule is O=C(CCC(=O)NC1CCCCC1)COc1ccc(F)cc1. The number of amides is 1. The van der Waals surface area contributed by atoms with E-state index in [1.54, 1.807) is 0 Å². The van der Waals surface area contributed by atoms with Gasteiger partial charge in [0.2, 0.25) is 5.91 Å². The van der Waals surface area contributed by atoms with Crippen molar-refractivity contribution < 1.29 is 18.7 Å². The Kier molecular flexibility index (Phi) is 6.37. The molecule has 22 heavy (non-hydrogen) atoms. The molecule has 0 heterocycles. The lowest BCUT2D eigenvalue weighted by Gasteiger charge is -2.22. The Morgan fingerprint density at radius 3 is 2.45 bits per heavy atom. The maximum Gasteiger partial charge on any atom is 0.220 e. The molecule has 1 N–H and O–H groups in total. The van der Waals surface area contributed by atoms with Crippen LogP contribution in [0.15, 0.2) is 24.3 Å². The van der Waals surface area contributed by atoms with Gasteiger partial charge in [-0.25, -0.2) is 4.39 Å². The van der Waals surface area contributed by atoms with Crippen LogP contribution in [0.25, 0.3) is 0 Å². The minimum absolute atomic E-state index is 0.0676. The van der Waals surface area contributed by atoms with E-state index in [4.69, 9.17) is 4.74 Å². The van der Waals surface area contributed by atoms with Crippen LogP contribution in [0, 0.1) is 5.82 Å². The van der Waals surface area contributed by atoms with Gasteiger partial charge in [0.05, 0.1) is 0 Å². The lowest BCUT2D eigenvalue weighted by molar-refractivity contribution is -0.126. The highest BCUT2D eigenvalue weighted by Crippen LogP contribution is 2.17. The molecule has 2 rings (SSSR count). The first-order valence-electron chi connectivity index (χ1n) is 7.83. The van der Waals surface area contributed by atoms with Crippen molar-refractivity contribution in [3.63, 3.8) is 0 Å². The third-order valence-corrected chi connectivity index (χ3v) is 3.81. The number of carbonyl (C=O) groups excluding carboxylic acids is 2. The number of hydrogen-bond donors (Lipinski definition) is 1. The zero-order valence-electron chi connectivity index (χ0n) is 12.6. The van der Waals surface area contributed by atoms with Crippen LogP contribution in [-0.4, -0.2) is 24.3 Å². The van der Waals surface area contributed by atoms with Crippen LogP contribution in [0.5, 0.6) is 5.75 Å². The molecule has 0 unspecified atom stereocenters. The number of ketones is 1. The molecule has 0 aliphatic heterocycles. The van der Waals surface area contributed by atoms with Gasteiger partial charge < -0.3 is 10.1 Å². The molecule has 5 heteroatoms. The van der Waals surface area contributed by atoms with E-state index in [-0.39, 0.29) is 43.0 Å². The molecule has 0 saturated heterocycles. The van der Waals surface area contributed by atoms with Gasteiger partial charge in [-0.15, -0.1) is 0 Å². The maximum atomic E-state index is 12.7. The van der Waals surface area contributed by atoms with Crippen molar-refractivity contribution in [2.45, 2.75) is 51.0 Å². The molecule has 0 bridgehead atoms. The van der Waals surface area contributed by atoms with Gasteiger partial charge in [0.15, 0.2) is 5.78 Å². The van der Waals surface area contributed by atoms with Gasteiger partial charge in [-0.1, -0.05) is 19.3 Å². The van der Waals surface area contributed by atoms with Gasteiger partial charge in [-0.3, -0.25) is 9.59 Å². The van der Waals surface area contributed by atoms with Crippen molar-refractivity contribution >= 4 is 11.7 Å². The van der Waals surface area contributed by atoms with Gasteiger partial charge in [0.25, 0.3) is 0 Å². The monoisotopic (exact) mass is 307 g/mol. The zero-order valence-corrected chi connectivity index (χ0v) is 12.6. The molecule has 4 nitrogen and oxygen atoms in total. The maximum absolute atomic E-state index is 12.7. The largest absolute Gasteiger partial charge is 0.486 e. The summed E-state index contributed by atoms with van der Waals surface area (Å²) in [4.78, 5) is 23.5. The van der Waals surface area contributed by atoms with Crippen molar-refractivity contribution in [3.05, 3.63) is 30.1 Å². The van der Waals surface area contributed by atoms with E-state index in [2.05, 4.69) is 5.32 Å². The average Bonchev–Trinajstić information content (AvgIpc) is 2.53. The molecule has 120 valence electrons. The predicted octanol–water partition coefficient (Wildman–Crippen LogP) is 3.00. The van der Waals surface area contributed by atoms with Crippen LogP contribution < -0.4 is 10.1 Å². The second-order valence-electron chi connectivity index (χ2n) is 5.68. The van der Waals surface area contributed by atoms with E-state index in [9.17, 15) is 14.0 Å². The standard InChI is InChI=1S/C17H22FNO3/c18-13-6-9-16(10-7-13)22-12-15(20)8-11-17(21)19-14-4-2-1-3-5-14/h6-7,9-10,14H,1-5,8,11-12H2,(H,19,21). The number of nitrogens with one attached hydrogen (secondary N) is 1. The van der Waals surface area contributed by atoms with Crippen molar-refractivity contribution in [1.29, 1.82) is 0 Å². The average molecular weight is 307 g/mol. The Balaban J connectivity index is 1.62. The number of halogens is 1. The van der Waals surface area contributed by atoms with Gasteiger partial charge in [0.1, 0.15) is 18.2 Å². The first-order chi connectivity index (χ1) is 10.6. The minimum Gasteiger partial charge on any atom is -0.486 e. The van der Waals surface area contributed by atoms with Crippen LogP contribution in [0.1, 0.15) is 44.9 Å². The number of rotatable bonds is 7. The van der Waals surface area contributed by atoms with Crippen LogP contribution in [-0.2, 0) is 9.59 Å². The fraction of sp³-hybridized carbons (Fsp3) is 0.529. The lowest BCUT2D eigenvalue weighted by Crippen LogP contribution is -2.36. The Hall–Kier alpha value is -1.91. The predicted molar refractivity (Wildman–Crippen MR) is 81.2 cm³/mol. The summed E-state index contributed by atoms with van der Waals surface area (Å²) in [5.41, 5.74) is 0. The van der Waals surface area contributed by atoms with Crippen molar-refractivity contribution in [2.24, 2.45) is 0 Å². The molecule has 1 aliphatic carbocycles. The summed E-state index contributed by atoms with van der Waals surface area (Å²) in [5, 5.41) is 2.98. The Morgan fingerprint density at radius 2 is 1.77 bits per heavy atom. The molecule has 1 aliphatic rings. The van der Waals surface area contributed by atoms with E-state index in [1.165, 1.54) is 30.7 Å². The second-order valence-corrected chi connectivity index (χ2v) is 5.68. The molecule has 1 amide bonds. The molecule has 1 aromatic carbocycles. The molecule has 1 saturated carbocycles. The topological polar surface area (TPSA) is 55.4 Å². The minimum atomic E-state index is -0.349. The van der Waals surface area contributed by atoms with E-state index in [0.717, 1.165) is 25.7 Å². The Morgan fingerprint density at radius 1 is 1.09 bits per heavy atom. The number of ether oxygens (including phenoxy) is 1. The van der Waals surface area contributed by atoms with E-state index >= 15 is 0 Å². The Labute approximate surface area is 130 Å². The number of Topliss-reactive ketones (excluding diaryl/α,β-unsaturated/α-hetero) is 1. The summed E-state index contributed by atoms with van der Waals surface area (Å²) in [5.74, 6) is -0.107. The highest BCUT2D eigenvalue weighted by molar-refractivity contribution is 5.85. The van der Waals surface area contributed by atoms with Crippen molar-refractivity contribution in [3.8, 4) is 5.75 Å². The van der Waals surface area contributed by atoms with Crippen molar-refractivity contribution in [1.82, 2.24) is 5.32 Å². The summed E-state index contributed by atoms with van der Waals surface area (Å²) in [6.07, 6.45) is 6.00. The highest BCUT2D eigenvalue weighted by atomic mass is 19.1. The van der Waals surface area contributed by atoms with Gasteiger partial charge in [-0.05, 0) is 37.1 Å². The van der Waals surface area contributed by atoms with Crippen molar-refractivity contribution in [2.75, 3.05) is 6.61 Å². The van der Waals surface area contributed by atoms with Crippen LogP contribution in [0.3, 0.4) is 0 Å². The summed E-state index contributed by atoms with van der Waals surface area (Å²) >= 11 is 0. The van der Waals surface area contributed by atoms with Gasteiger partial charge >= 0.3 is 0 Å². The Bertz CT molecular complexity index is 495. The fourth-order valence-corrected chi connectivity index (χ4v) is 2.57. The summed E-state index contributed by atoms with van der Waals surface area (Å²) in [6, 6.07) is 5.76. The molecule has 0 radical (unpaired) electrons. The van der Waals surface area contributed by atoms with Crippen LogP contribution in [0.4, 0.5) is 4.39 Å². The number of hydrogen-bond acceptors (Lipinski definition) is 3. The molecule has 1 fully saturated rings. The molecule has 0 aromatic heterocycles. The van der Waals surface area contributed by atoms with E-state index in [1.807, 2.05) is 0 Å². The molecule has 0 spiro atoms. The fourth-order valence-electron chi connectivity index (χ4n) is 2.57. The molecule has 1 aromatic rings. The van der Waals surface area contributed by atoms with Crippen LogP contribution >= 0.6 is 0 Å². The number of benzene rings is 1. The summed E-state index contributed by atoms with van der Waals surface area (Å²) in [6.45, 7) is -0.0949. The second kappa shape index (κ2) is 8.51. The molecular formula is C17H22FNO3. The summed E-state index contributed by atoms with van der Waals surface area (Å²) < 4.78 is 18.0. The van der Waals surface area contributed by atoms with E-state index in [0.29, 0.717) is 5.75 Å². The summed E-state index contributed by atoms with van der Waals surface area (Å²) in [7, 11) is 0. The normalized spacial score (nSPS) is 15.3. The first-order valence-corrected chi connectivity index (χ1v) is 7.83. The first kappa shape index (κ1) is 16.5. The van der Waals surface area contributed by atoms with Crippen LogP contribution in [0.2, 0.25) is 0 Å². The lowest BCUT2D eigenvalue weighted by atomic mass is 9.95. The molecule has 0 atom stereocenters. The van der Waals surface area contributed by atoms with Gasteiger partial charge in [0, 0.05) is 18.9 Å².